The molecule has 0 radical (unpaired) electrons. The van der Waals surface area contributed by atoms with Crippen molar-refractivity contribution in [3.05, 3.63) is 17.2 Å². The van der Waals surface area contributed by atoms with Crippen molar-refractivity contribution in [1.82, 2.24) is 19.7 Å². The first-order valence-electron chi connectivity index (χ1n) is 7.32. The van der Waals surface area contributed by atoms with Crippen molar-refractivity contribution in [1.29, 1.82) is 0 Å². The topological polar surface area (TPSA) is 62.1 Å². The molecule has 1 saturated heterocycles. The van der Waals surface area contributed by atoms with Crippen LogP contribution in [0.4, 0.5) is 0 Å². The van der Waals surface area contributed by atoms with Crippen LogP contribution in [0.1, 0.15) is 37.4 Å². The first-order valence-corrected chi connectivity index (χ1v) is 7.70. The molecule has 2 aromatic rings. The van der Waals surface area contributed by atoms with Gasteiger partial charge in [0.25, 0.3) is 0 Å². The quantitative estimate of drug-likeness (QED) is 0.758. The second-order valence-electron chi connectivity index (χ2n) is 5.74. The van der Waals surface area contributed by atoms with Crippen molar-refractivity contribution in [3.8, 4) is 0 Å². The first-order chi connectivity index (χ1) is 10.2. The molecule has 1 spiro atoms. The number of nitrogens with zero attached hydrogens (tertiary/aromatic N) is 4. The minimum Gasteiger partial charge on any atom is -0.348 e. The molecule has 3 heterocycles. The van der Waals surface area contributed by atoms with Crippen molar-refractivity contribution in [2.24, 2.45) is 0 Å². The van der Waals surface area contributed by atoms with E-state index in [0.29, 0.717) is 19.3 Å². The molecular formula is C14H17ClN4O2. The number of hydrogen-bond acceptors (Lipinski definition) is 5. The molecule has 4 rings (SSSR count). The lowest BCUT2D eigenvalue weighted by atomic mass is 9.90. The van der Waals surface area contributed by atoms with Gasteiger partial charge in [-0.25, -0.2) is 9.67 Å². The Morgan fingerprint density at radius 2 is 1.95 bits per heavy atom. The summed E-state index contributed by atoms with van der Waals surface area (Å²) in [6.45, 7) is 3.34. The maximum atomic E-state index is 5.99. The van der Waals surface area contributed by atoms with E-state index in [0.717, 1.165) is 42.4 Å². The summed E-state index contributed by atoms with van der Waals surface area (Å²) >= 11 is 5.99. The van der Waals surface area contributed by atoms with E-state index in [1.807, 2.05) is 17.8 Å². The second kappa shape index (κ2) is 4.90. The number of aryl methyl sites for hydroxylation is 1. The molecule has 2 aromatic heterocycles. The fourth-order valence-corrected chi connectivity index (χ4v) is 3.58. The maximum Gasteiger partial charge on any atom is 0.224 e. The number of hydrogen-bond donors (Lipinski definition) is 0. The van der Waals surface area contributed by atoms with E-state index in [1.165, 1.54) is 0 Å². The number of rotatable bonds is 1. The molecule has 0 aromatic carbocycles. The Kier molecular flexibility index (Phi) is 3.13. The normalized spacial score (nSPS) is 22.4. The molecule has 112 valence electrons. The minimum absolute atomic E-state index is 0.275. The summed E-state index contributed by atoms with van der Waals surface area (Å²) in [6.07, 6.45) is 5.57. The summed E-state index contributed by atoms with van der Waals surface area (Å²) in [6, 6.07) is 0.311. The molecule has 2 fully saturated rings. The predicted octanol–water partition coefficient (Wildman–Crippen LogP) is 2.65. The van der Waals surface area contributed by atoms with E-state index >= 15 is 0 Å². The van der Waals surface area contributed by atoms with Crippen LogP contribution >= 0.6 is 11.6 Å². The number of halogens is 1. The average molecular weight is 309 g/mol. The van der Waals surface area contributed by atoms with Gasteiger partial charge in [-0.2, -0.15) is 10.1 Å². The third kappa shape index (κ3) is 2.22. The van der Waals surface area contributed by atoms with Crippen LogP contribution in [-0.4, -0.2) is 38.7 Å². The first kappa shape index (κ1) is 13.4. The third-order valence-electron chi connectivity index (χ3n) is 4.49. The van der Waals surface area contributed by atoms with Crippen LogP contribution in [0.3, 0.4) is 0 Å². The molecule has 7 heteroatoms. The Morgan fingerprint density at radius 3 is 2.67 bits per heavy atom. The zero-order valence-electron chi connectivity index (χ0n) is 11.9. The van der Waals surface area contributed by atoms with Gasteiger partial charge in [-0.1, -0.05) is 0 Å². The molecule has 0 unspecified atom stereocenters. The van der Waals surface area contributed by atoms with Gasteiger partial charge in [-0.15, -0.1) is 0 Å². The van der Waals surface area contributed by atoms with Crippen molar-refractivity contribution >= 4 is 22.6 Å². The van der Waals surface area contributed by atoms with E-state index in [1.54, 1.807) is 0 Å². The smallest absolute Gasteiger partial charge is 0.224 e. The zero-order chi connectivity index (χ0) is 14.4. The van der Waals surface area contributed by atoms with E-state index in [4.69, 9.17) is 21.1 Å². The molecule has 21 heavy (non-hydrogen) atoms. The second-order valence-corrected chi connectivity index (χ2v) is 6.08. The molecule has 2 aliphatic rings. The van der Waals surface area contributed by atoms with Gasteiger partial charge in [-0.05, 0) is 31.4 Å². The SMILES string of the molecule is Cc1nc(Cl)nc2c1cnn2C1CCC2(CC1)OCCO2. The molecule has 1 saturated carbocycles. The van der Waals surface area contributed by atoms with Gasteiger partial charge in [0.05, 0.1) is 36.5 Å². The van der Waals surface area contributed by atoms with Gasteiger partial charge in [0.2, 0.25) is 5.28 Å². The minimum atomic E-state index is -0.345. The summed E-state index contributed by atoms with van der Waals surface area (Å²) in [4.78, 5) is 8.53. The molecule has 0 amide bonds. The van der Waals surface area contributed by atoms with Crippen LogP contribution in [0.15, 0.2) is 6.20 Å². The van der Waals surface area contributed by atoms with Crippen molar-refractivity contribution in [2.75, 3.05) is 13.2 Å². The van der Waals surface area contributed by atoms with Gasteiger partial charge >= 0.3 is 0 Å². The largest absolute Gasteiger partial charge is 0.348 e. The molecule has 0 atom stereocenters. The molecule has 0 N–H and O–H groups in total. The lowest BCUT2D eigenvalue weighted by molar-refractivity contribution is -0.181. The van der Waals surface area contributed by atoms with Crippen LogP contribution in [0, 0.1) is 6.92 Å². The van der Waals surface area contributed by atoms with Crippen LogP contribution in [0.2, 0.25) is 5.28 Å². The summed E-state index contributed by atoms with van der Waals surface area (Å²) in [5, 5.41) is 5.75. The Labute approximate surface area is 127 Å². The van der Waals surface area contributed by atoms with Crippen LogP contribution in [0.25, 0.3) is 11.0 Å². The Balaban J connectivity index is 1.63. The Bertz CT molecular complexity index is 671. The highest BCUT2D eigenvalue weighted by Crippen LogP contribution is 2.40. The van der Waals surface area contributed by atoms with Gasteiger partial charge < -0.3 is 9.47 Å². The third-order valence-corrected chi connectivity index (χ3v) is 4.66. The highest BCUT2D eigenvalue weighted by molar-refractivity contribution is 6.28. The number of ether oxygens (including phenoxy) is 2. The highest BCUT2D eigenvalue weighted by atomic mass is 35.5. The van der Waals surface area contributed by atoms with E-state index in [2.05, 4.69) is 15.1 Å². The zero-order valence-corrected chi connectivity index (χ0v) is 12.6. The average Bonchev–Trinajstić information content (AvgIpc) is 3.08. The Hall–Kier alpha value is -1.24. The van der Waals surface area contributed by atoms with E-state index in [9.17, 15) is 0 Å². The van der Waals surface area contributed by atoms with Crippen LogP contribution in [0.5, 0.6) is 0 Å². The van der Waals surface area contributed by atoms with Gasteiger partial charge in [0, 0.05) is 12.8 Å². The fraction of sp³-hybridized carbons (Fsp3) is 0.643. The monoisotopic (exact) mass is 308 g/mol. The lowest BCUT2D eigenvalue weighted by Gasteiger charge is -2.35. The molecule has 1 aliphatic heterocycles. The van der Waals surface area contributed by atoms with Crippen molar-refractivity contribution in [3.63, 3.8) is 0 Å². The van der Waals surface area contributed by atoms with E-state index in [-0.39, 0.29) is 11.1 Å². The highest BCUT2D eigenvalue weighted by Gasteiger charge is 2.41. The molecule has 0 bridgehead atoms. The van der Waals surface area contributed by atoms with Gasteiger partial charge in [0.15, 0.2) is 11.4 Å². The summed E-state index contributed by atoms with van der Waals surface area (Å²) < 4.78 is 13.5. The van der Waals surface area contributed by atoms with Crippen molar-refractivity contribution < 1.29 is 9.47 Å². The molecule has 6 nitrogen and oxygen atoms in total. The summed E-state index contributed by atoms with van der Waals surface area (Å²) in [5.41, 5.74) is 1.69. The lowest BCUT2D eigenvalue weighted by Crippen LogP contribution is -2.36. The van der Waals surface area contributed by atoms with Crippen LogP contribution < -0.4 is 0 Å². The molecular weight excluding hydrogens is 292 g/mol. The summed E-state index contributed by atoms with van der Waals surface area (Å²) in [5.74, 6) is -0.345. The van der Waals surface area contributed by atoms with E-state index < -0.39 is 0 Å². The van der Waals surface area contributed by atoms with Gasteiger partial charge in [0.1, 0.15) is 0 Å². The standard InChI is InChI=1S/C14H17ClN4O2/c1-9-11-8-16-19(12(11)18-13(15)17-9)10-2-4-14(5-3-10)20-6-7-21-14/h8,10H,2-7H2,1H3. The molecule has 1 aliphatic carbocycles. The van der Waals surface area contributed by atoms with Gasteiger partial charge in [-0.3, -0.25) is 0 Å². The van der Waals surface area contributed by atoms with Crippen molar-refractivity contribution in [2.45, 2.75) is 44.4 Å². The Morgan fingerprint density at radius 1 is 1.24 bits per heavy atom. The predicted molar refractivity (Wildman–Crippen MR) is 77.2 cm³/mol. The maximum absolute atomic E-state index is 5.99. The fourth-order valence-electron chi connectivity index (χ4n) is 3.37. The number of fused-ring (bicyclic) bond motifs is 1. The number of aromatic nitrogens is 4. The van der Waals surface area contributed by atoms with Crippen LogP contribution in [-0.2, 0) is 9.47 Å². The summed E-state index contributed by atoms with van der Waals surface area (Å²) in [7, 11) is 0.